The van der Waals surface area contributed by atoms with Gasteiger partial charge >= 0.3 is 0 Å². The summed E-state index contributed by atoms with van der Waals surface area (Å²) in [4.78, 5) is 15.8. The molecular weight excluding hydrogens is 256 g/mol. The molecule has 0 aliphatic carbocycles. The first-order chi connectivity index (χ1) is 8.13. The third kappa shape index (κ3) is 5.52. The van der Waals surface area contributed by atoms with Gasteiger partial charge in [0.05, 0.1) is 5.01 Å². The molecule has 0 saturated carbocycles. The van der Waals surface area contributed by atoms with Crippen LogP contribution in [0.4, 0.5) is 0 Å². The summed E-state index contributed by atoms with van der Waals surface area (Å²) in [5.41, 5.74) is 1.01. The Kier molecular flexibility index (Phi) is 6.54. The first-order valence-electron chi connectivity index (χ1n) is 5.49. The number of amides is 1. The van der Waals surface area contributed by atoms with E-state index >= 15 is 0 Å². The predicted molar refractivity (Wildman–Crippen MR) is 72.6 cm³/mol. The average molecular weight is 274 g/mol. The molecule has 1 aromatic rings. The van der Waals surface area contributed by atoms with E-state index in [4.69, 9.17) is 0 Å². The van der Waals surface area contributed by atoms with Crippen molar-refractivity contribution in [2.45, 2.75) is 25.9 Å². The van der Waals surface area contributed by atoms with Crippen LogP contribution < -0.4 is 5.32 Å². The van der Waals surface area contributed by atoms with Gasteiger partial charge in [0.1, 0.15) is 6.10 Å². The summed E-state index contributed by atoms with van der Waals surface area (Å²) in [6.45, 7) is 2.48. The highest BCUT2D eigenvalue weighted by atomic mass is 32.2. The number of rotatable bonds is 7. The number of thioether (sulfide) groups is 1. The molecule has 2 N–H and O–H groups in total. The van der Waals surface area contributed by atoms with Gasteiger partial charge in [0.25, 0.3) is 0 Å². The van der Waals surface area contributed by atoms with Crippen LogP contribution >= 0.6 is 23.1 Å². The third-order valence-corrected chi connectivity index (χ3v) is 3.87. The van der Waals surface area contributed by atoms with Gasteiger partial charge < -0.3 is 10.4 Å². The van der Waals surface area contributed by atoms with Crippen molar-refractivity contribution in [2.75, 3.05) is 18.6 Å². The Morgan fingerprint density at radius 2 is 2.47 bits per heavy atom. The smallest absolute Gasteiger partial charge is 0.248 e. The second-order valence-electron chi connectivity index (χ2n) is 3.72. The van der Waals surface area contributed by atoms with E-state index in [-0.39, 0.29) is 5.91 Å². The normalized spacial score (nSPS) is 12.4. The minimum atomic E-state index is -0.888. The molecule has 0 fully saturated rings. The van der Waals surface area contributed by atoms with Crippen LogP contribution in [0.5, 0.6) is 0 Å². The molecule has 6 heteroatoms. The van der Waals surface area contributed by atoms with Crippen LogP contribution in [0.25, 0.3) is 0 Å². The van der Waals surface area contributed by atoms with Gasteiger partial charge in [-0.05, 0) is 25.4 Å². The maximum absolute atomic E-state index is 11.5. The maximum atomic E-state index is 11.5. The standard InChI is InChI=1S/C11H18N2O2S2/c1-8-7-17-10(13-8)3-5-12-11(15)9(14)4-6-16-2/h7,9,14H,3-6H2,1-2H3,(H,12,15). The van der Waals surface area contributed by atoms with Gasteiger partial charge in [0, 0.05) is 24.0 Å². The Morgan fingerprint density at radius 1 is 1.71 bits per heavy atom. The molecule has 17 heavy (non-hydrogen) atoms. The molecule has 1 amide bonds. The van der Waals surface area contributed by atoms with Crippen molar-refractivity contribution in [3.05, 3.63) is 16.1 Å². The van der Waals surface area contributed by atoms with E-state index in [9.17, 15) is 9.90 Å². The van der Waals surface area contributed by atoms with E-state index in [2.05, 4.69) is 10.3 Å². The second kappa shape index (κ2) is 7.68. The van der Waals surface area contributed by atoms with Gasteiger partial charge in [0.2, 0.25) is 5.91 Å². The number of hydrogen-bond acceptors (Lipinski definition) is 5. The molecule has 1 rings (SSSR count). The van der Waals surface area contributed by atoms with E-state index in [1.807, 2.05) is 18.6 Å². The molecule has 1 atom stereocenters. The number of carbonyl (C=O) groups excluding carboxylic acids is 1. The number of carbonyl (C=O) groups is 1. The molecule has 0 saturated heterocycles. The zero-order valence-corrected chi connectivity index (χ0v) is 11.7. The number of nitrogens with one attached hydrogen (secondary N) is 1. The lowest BCUT2D eigenvalue weighted by Gasteiger charge is -2.09. The van der Waals surface area contributed by atoms with Gasteiger partial charge in [-0.2, -0.15) is 11.8 Å². The van der Waals surface area contributed by atoms with E-state index in [0.717, 1.165) is 22.9 Å². The van der Waals surface area contributed by atoms with Crippen LogP contribution in [0.15, 0.2) is 5.38 Å². The van der Waals surface area contributed by atoms with Crippen LogP contribution in [0.2, 0.25) is 0 Å². The molecule has 1 aromatic heterocycles. The Balaban J connectivity index is 2.19. The average Bonchev–Trinajstić information content (AvgIpc) is 2.71. The quantitative estimate of drug-likeness (QED) is 0.785. The highest BCUT2D eigenvalue weighted by Gasteiger charge is 2.13. The topological polar surface area (TPSA) is 62.2 Å². The number of aromatic nitrogens is 1. The third-order valence-electron chi connectivity index (χ3n) is 2.20. The van der Waals surface area contributed by atoms with Crippen molar-refractivity contribution < 1.29 is 9.90 Å². The summed E-state index contributed by atoms with van der Waals surface area (Å²) >= 11 is 3.22. The summed E-state index contributed by atoms with van der Waals surface area (Å²) in [7, 11) is 0. The fourth-order valence-corrected chi connectivity index (χ4v) is 2.52. The zero-order valence-electron chi connectivity index (χ0n) is 10.1. The summed E-state index contributed by atoms with van der Waals surface area (Å²) < 4.78 is 0. The van der Waals surface area contributed by atoms with Gasteiger partial charge in [-0.1, -0.05) is 0 Å². The highest BCUT2D eigenvalue weighted by molar-refractivity contribution is 7.98. The molecule has 4 nitrogen and oxygen atoms in total. The van der Waals surface area contributed by atoms with Crippen molar-refractivity contribution in [3.8, 4) is 0 Å². The molecule has 0 aromatic carbocycles. The Morgan fingerprint density at radius 3 is 3.06 bits per heavy atom. The zero-order chi connectivity index (χ0) is 12.7. The van der Waals surface area contributed by atoms with Gasteiger partial charge in [-0.3, -0.25) is 4.79 Å². The fourth-order valence-electron chi connectivity index (χ4n) is 1.29. The van der Waals surface area contributed by atoms with Crippen molar-refractivity contribution in [3.63, 3.8) is 0 Å². The van der Waals surface area contributed by atoms with Crippen LogP contribution in [-0.2, 0) is 11.2 Å². The number of aryl methyl sites for hydroxylation is 1. The van der Waals surface area contributed by atoms with Gasteiger partial charge in [0.15, 0.2) is 0 Å². The molecule has 0 radical (unpaired) electrons. The number of thiazole rings is 1. The van der Waals surface area contributed by atoms with Crippen molar-refractivity contribution in [1.29, 1.82) is 0 Å². The lowest BCUT2D eigenvalue weighted by atomic mass is 10.2. The first kappa shape index (κ1) is 14.5. The lowest BCUT2D eigenvalue weighted by Crippen LogP contribution is -2.36. The van der Waals surface area contributed by atoms with E-state index in [1.54, 1.807) is 23.1 Å². The van der Waals surface area contributed by atoms with E-state index in [1.165, 1.54) is 0 Å². The Hall–Kier alpha value is -0.590. The predicted octanol–water partition coefficient (Wildman–Crippen LogP) is 1.22. The summed E-state index contributed by atoms with van der Waals surface area (Å²) in [5.74, 6) is 0.507. The molecule has 0 aliphatic heterocycles. The van der Waals surface area contributed by atoms with Crippen molar-refractivity contribution in [1.82, 2.24) is 10.3 Å². The summed E-state index contributed by atoms with van der Waals surface area (Å²) in [5, 5.41) is 15.2. The largest absolute Gasteiger partial charge is 0.383 e. The van der Waals surface area contributed by atoms with Crippen LogP contribution in [0.3, 0.4) is 0 Å². The summed E-state index contributed by atoms with van der Waals surface area (Å²) in [6, 6.07) is 0. The Bertz CT molecular complexity index is 355. The van der Waals surface area contributed by atoms with Crippen LogP contribution in [0.1, 0.15) is 17.1 Å². The van der Waals surface area contributed by atoms with E-state index in [0.29, 0.717) is 13.0 Å². The lowest BCUT2D eigenvalue weighted by molar-refractivity contribution is -0.129. The maximum Gasteiger partial charge on any atom is 0.248 e. The minimum Gasteiger partial charge on any atom is -0.383 e. The molecule has 0 aliphatic rings. The molecule has 0 spiro atoms. The van der Waals surface area contributed by atoms with Gasteiger partial charge in [-0.15, -0.1) is 11.3 Å². The van der Waals surface area contributed by atoms with Gasteiger partial charge in [-0.25, -0.2) is 4.98 Å². The number of aliphatic hydroxyl groups is 1. The van der Waals surface area contributed by atoms with E-state index < -0.39 is 6.10 Å². The molecule has 0 bridgehead atoms. The number of nitrogens with zero attached hydrogens (tertiary/aromatic N) is 1. The fraction of sp³-hybridized carbons (Fsp3) is 0.636. The second-order valence-corrected chi connectivity index (χ2v) is 5.65. The molecule has 96 valence electrons. The molecule has 1 unspecified atom stereocenters. The number of aliphatic hydroxyl groups excluding tert-OH is 1. The molecular formula is C11H18N2O2S2. The minimum absolute atomic E-state index is 0.285. The number of hydrogen-bond donors (Lipinski definition) is 2. The molecule has 1 heterocycles. The SMILES string of the molecule is CSCCC(O)C(=O)NCCc1nc(C)cs1. The first-order valence-corrected chi connectivity index (χ1v) is 7.76. The van der Waals surface area contributed by atoms with Crippen LogP contribution in [-0.4, -0.2) is 40.7 Å². The van der Waals surface area contributed by atoms with Crippen molar-refractivity contribution >= 4 is 29.0 Å². The van der Waals surface area contributed by atoms with Crippen LogP contribution in [0, 0.1) is 6.92 Å². The summed E-state index contributed by atoms with van der Waals surface area (Å²) in [6.07, 6.45) is 2.29. The van der Waals surface area contributed by atoms with Crippen molar-refractivity contribution in [2.24, 2.45) is 0 Å². The highest BCUT2D eigenvalue weighted by Crippen LogP contribution is 2.08. The monoisotopic (exact) mass is 274 g/mol. The Labute approximate surface area is 110 Å².